The summed E-state index contributed by atoms with van der Waals surface area (Å²) < 4.78 is 9.37. The summed E-state index contributed by atoms with van der Waals surface area (Å²) in [6.45, 7) is 0. The summed E-state index contributed by atoms with van der Waals surface area (Å²) in [4.78, 5) is 2.44. The van der Waals surface area contributed by atoms with Crippen molar-refractivity contribution in [2.24, 2.45) is 0 Å². The smallest absolute Gasteiger partial charge is 0.135 e. The minimum Gasteiger partial charge on any atom is -0.456 e. The average molecular weight is 908 g/mol. The van der Waals surface area contributed by atoms with Gasteiger partial charge in [-0.15, -0.1) is 11.3 Å². The van der Waals surface area contributed by atoms with E-state index in [0.717, 1.165) is 33.6 Å². The highest BCUT2D eigenvalue weighted by molar-refractivity contribution is 7.26. The maximum Gasteiger partial charge on any atom is 0.135 e. The molecule has 15 rings (SSSR count). The van der Waals surface area contributed by atoms with E-state index in [1.807, 2.05) is 11.3 Å². The van der Waals surface area contributed by atoms with Crippen LogP contribution in [0.1, 0.15) is 22.3 Å². The number of furan rings is 1. The fourth-order valence-corrected chi connectivity index (χ4v) is 13.3. The van der Waals surface area contributed by atoms with Crippen molar-refractivity contribution in [2.45, 2.75) is 5.41 Å². The van der Waals surface area contributed by atoms with E-state index in [1.165, 1.54) is 103 Å². The highest BCUT2D eigenvalue weighted by atomic mass is 32.1. The molecule has 326 valence electrons. The van der Waals surface area contributed by atoms with Crippen molar-refractivity contribution in [1.29, 1.82) is 0 Å². The van der Waals surface area contributed by atoms with Gasteiger partial charge in [0.15, 0.2) is 0 Å². The van der Waals surface area contributed by atoms with Crippen LogP contribution in [0.15, 0.2) is 253 Å². The van der Waals surface area contributed by atoms with Gasteiger partial charge in [0.25, 0.3) is 0 Å². The lowest BCUT2D eigenvalue weighted by atomic mass is 9.69. The van der Waals surface area contributed by atoms with E-state index < -0.39 is 5.41 Å². The van der Waals surface area contributed by atoms with Gasteiger partial charge >= 0.3 is 0 Å². The Bertz CT molecular complexity index is 4220. The molecule has 0 aliphatic heterocycles. The van der Waals surface area contributed by atoms with Gasteiger partial charge in [-0.3, -0.25) is 0 Å². The van der Waals surface area contributed by atoms with Crippen LogP contribution in [-0.4, -0.2) is 0 Å². The maximum atomic E-state index is 6.74. The predicted octanol–water partition coefficient (Wildman–Crippen LogP) is 18.8. The molecule has 2 nitrogen and oxygen atoms in total. The van der Waals surface area contributed by atoms with Crippen LogP contribution < -0.4 is 4.90 Å². The van der Waals surface area contributed by atoms with Crippen LogP contribution >= 0.6 is 11.3 Å². The van der Waals surface area contributed by atoms with E-state index in [2.05, 4.69) is 254 Å². The quantitative estimate of drug-likeness (QED) is 0.165. The third-order valence-electron chi connectivity index (χ3n) is 15.1. The fourth-order valence-electron chi connectivity index (χ4n) is 12.1. The van der Waals surface area contributed by atoms with E-state index >= 15 is 0 Å². The average Bonchev–Trinajstić information content (AvgIpc) is 4.17. The first-order valence-corrected chi connectivity index (χ1v) is 24.9. The first-order chi connectivity index (χ1) is 34.7. The lowest BCUT2D eigenvalue weighted by Crippen LogP contribution is -2.26. The summed E-state index contributed by atoms with van der Waals surface area (Å²) in [7, 11) is 0. The van der Waals surface area contributed by atoms with Crippen LogP contribution in [0.25, 0.3) is 97.7 Å². The maximum absolute atomic E-state index is 6.74. The van der Waals surface area contributed by atoms with Gasteiger partial charge in [0.05, 0.1) is 5.41 Å². The van der Waals surface area contributed by atoms with Crippen molar-refractivity contribution < 1.29 is 4.42 Å². The molecule has 1 unspecified atom stereocenters. The highest BCUT2D eigenvalue weighted by Crippen LogP contribution is 2.65. The molecule has 0 saturated carbocycles. The topological polar surface area (TPSA) is 16.4 Å². The van der Waals surface area contributed by atoms with Gasteiger partial charge < -0.3 is 9.32 Å². The number of para-hydroxylation sites is 1. The van der Waals surface area contributed by atoms with E-state index in [1.54, 1.807) is 0 Å². The van der Waals surface area contributed by atoms with Gasteiger partial charge in [-0.05, 0) is 139 Å². The molecule has 1 spiro atoms. The van der Waals surface area contributed by atoms with Crippen molar-refractivity contribution >= 4 is 70.5 Å². The van der Waals surface area contributed by atoms with Crippen molar-refractivity contribution in [1.82, 2.24) is 0 Å². The molecule has 70 heavy (non-hydrogen) atoms. The van der Waals surface area contributed by atoms with Crippen LogP contribution in [0.3, 0.4) is 0 Å². The zero-order chi connectivity index (χ0) is 45.9. The SMILES string of the molecule is c1ccc(-c2ccc(N(c3ccc(-c4cccc5c4sc4ccccc45)cc3)c3ccc4c(c3)C3(c5ccccc5-c5ccc(-c6ccccc6)cc53)c3c-4ccc4oc5ccccc5c34)cc2)cc1. The van der Waals surface area contributed by atoms with E-state index in [9.17, 15) is 0 Å². The second kappa shape index (κ2) is 15.1. The van der Waals surface area contributed by atoms with Gasteiger partial charge in [0.2, 0.25) is 0 Å². The minimum absolute atomic E-state index is 0.654. The van der Waals surface area contributed by atoms with E-state index in [4.69, 9.17) is 4.42 Å². The third-order valence-corrected chi connectivity index (χ3v) is 16.3. The van der Waals surface area contributed by atoms with Crippen LogP contribution in [0, 0.1) is 0 Å². The van der Waals surface area contributed by atoms with Crippen LogP contribution in [0.4, 0.5) is 17.1 Å². The molecule has 2 aromatic heterocycles. The van der Waals surface area contributed by atoms with Crippen LogP contribution in [0.5, 0.6) is 0 Å². The number of nitrogens with zero attached hydrogens (tertiary/aromatic N) is 1. The molecule has 2 aliphatic rings. The molecule has 0 amide bonds. The second-order valence-corrected chi connectivity index (χ2v) is 19.7. The number of thiophene rings is 1. The molecule has 0 radical (unpaired) electrons. The Morgan fingerprint density at radius 1 is 0.329 bits per heavy atom. The van der Waals surface area contributed by atoms with Crippen molar-refractivity contribution in [3.8, 4) is 55.6 Å². The molecular weight excluding hydrogens is 867 g/mol. The molecule has 0 saturated heterocycles. The van der Waals surface area contributed by atoms with Crippen LogP contribution in [0.2, 0.25) is 0 Å². The van der Waals surface area contributed by atoms with Gasteiger partial charge in [-0.2, -0.15) is 0 Å². The predicted molar refractivity (Wildman–Crippen MR) is 294 cm³/mol. The Hall–Kier alpha value is -8.76. The van der Waals surface area contributed by atoms with Crippen molar-refractivity contribution in [3.05, 3.63) is 271 Å². The Labute approximate surface area is 409 Å². The number of hydrogen-bond donors (Lipinski definition) is 0. The second-order valence-electron chi connectivity index (χ2n) is 18.7. The number of rotatable bonds is 6. The molecule has 0 fully saturated rings. The lowest BCUT2D eigenvalue weighted by molar-refractivity contribution is 0.668. The Kier molecular flexibility index (Phi) is 8.48. The van der Waals surface area contributed by atoms with Gasteiger partial charge in [-0.25, -0.2) is 0 Å². The summed E-state index contributed by atoms with van der Waals surface area (Å²) in [5.41, 5.74) is 21.8. The zero-order valence-electron chi connectivity index (χ0n) is 37.9. The van der Waals surface area contributed by atoms with E-state index in [-0.39, 0.29) is 0 Å². The lowest BCUT2D eigenvalue weighted by Gasteiger charge is -2.33. The Morgan fingerprint density at radius 3 is 1.67 bits per heavy atom. The normalized spacial score (nSPS) is 14.3. The molecule has 1 atom stereocenters. The summed E-state index contributed by atoms with van der Waals surface area (Å²) in [6, 6.07) is 91.8. The minimum atomic E-state index is -0.654. The summed E-state index contributed by atoms with van der Waals surface area (Å²) >= 11 is 1.88. The summed E-state index contributed by atoms with van der Waals surface area (Å²) in [6.07, 6.45) is 0. The number of fused-ring (bicyclic) bond motifs is 17. The highest BCUT2D eigenvalue weighted by Gasteiger charge is 2.53. The van der Waals surface area contributed by atoms with Crippen molar-refractivity contribution in [3.63, 3.8) is 0 Å². The molecule has 2 heterocycles. The fraction of sp³-hybridized carbons (Fsp3) is 0.0149. The van der Waals surface area contributed by atoms with Crippen molar-refractivity contribution in [2.75, 3.05) is 4.90 Å². The largest absolute Gasteiger partial charge is 0.456 e. The first-order valence-electron chi connectivity index (χ1n) is 24.1. The van der Waals surface area contributed by atoms with Gasteiger partial charge in [-0.1, -0.05) is 188 Å². The number of benzene rings is 11. The van der Waals surface area contributed by atoms with E-state index in [0.29, 0.717) is 0 Å². The first kappa shape index (κ1) is 39.3. The summed E-state index contributed by atoms with van der Waals surface area (Å²) in [5, 5.41) is 4.94. The van der Waals surface area contributed by atoms with Crippen LogP contribution in [-0.2, 0) is 5.41 Å². The molecular formula is C67H41NOS. The molecule has 13 aromatic rings. The monoisotopic (exact) mass is 907 g/mol. The Balaban J connectivity index is 0.976. The molecule has 11 aromatic carbocycles. The Morgan fingerprint density at radius 2 is 0.871 bits per heavy atom. The molecule has 3 heteroatoms. The number of hydrogen-bond acceptors (Lipinski definition) is 3. The molecule has 2 aliphatic carbocycles. The molecule has 0 bridgehead atoms. The van der Waals surface area contributed by atoms with Gasteiger partial charge in [0.1, 0.15) is 11.2 Å². The number of anilines is 3. The molecule has 0 N–H and O–H groups in total. The standard InChI is InChI=1S/C67H41NOS/c1-3-14-42(15-4-1)44-26-31-47(32-27-44)68(48-33-28-45(29-34-48)50-21-13-22-56-54-19-9-12-25-63(54)70-66(50)56)49-35-37-53-55-38-39-62-64(57-20-8-11-24-61(57)69-62)65(55)67(60(53)41-49)58-23-10-7-18-51(58)52-36-30-46(40-59(52)67)43-16-5-2-6-17-43/h1-41H. The third kappa shape index (κ3) is 5.61. The van der Waals surface area contributed by atoms with Gasteiger partial charge in [0, 0.05) is 48.0 Å². The summed E-state index contributed by atoms with van der Waals surface area (Å²) in [5.74, 6) is 0. The zero-order valence-corrected chi connectivity index (χ0v) is 38.8.